The molecule has 16 heavy (non-hydrogen) atoms. The maximum Gasteiger partial charge on any atom is 0.125 e. The molecule has 0 atom stereocenters. The first-order valence-corrected chi connectivity index (χ1v) is 5.80. The van der Waals surface area contributed by atoms with Crippen LogP contribution < -0.4 is 10.6 Å². The van der Waals surface area contributed by atoms with Crippen LogP contribution in [0.15, 0.2) is 29.6 Å². The van der Waals surface area contributed by atoms with Crippen molar-refractivity contribution < 1.29 is 4.39 Å². The van der Waals surface area contributed by atoms with Crippen molar-refractivity contribution in [3.8, 4) is 0 Å². The van der Waals surface area contributed by atoms with E-state index in [0.717, 1.165) is 10.6 Å². The quantitative estimate of drug-likeness (QED) is 0.808. The Balaban J connectivity index is 2.45. The third-order valence-electron chi connectivity index (χ3n) is 2.49. The molecule has 0 saturated carbocycles. The molecule has 2 N–H and O–H groups in total. The molecule has 2 rings (SSSR count). The minimum absolute atomic E-state index is 0.273. The first-order valence-electron chi connectivity index (χ1n) is 4.92. The van der Waals surface area contributed by atoms with Gasteiger partial charge in [-0.05, 0) is 42.1 Å². The molecule has 2 nitrogen and oxygen atoms in total. The fraction of sp³-hybridized carbons (Fsp3) is 0.167. The van der Waals surface area contributed by atoms with Gasteiger partial charge in [-0.1, -0.05) is 0 Å². The average Bonchev–Trinajstić information content (AvgIpc) is 2.67. The van der Waals surface area contributed by atoms with E-state index in [9.17, 15) is 4.39 Å². The number of thiophene rings is 1. The molecule has 0 bridgehead atoms. The summed E-state index contributed by atoms with van der Waals surface area (Å²) in [6.07, 6.45) is 0. The van der Waals surface area contributed by atoms with Crippen LogP contribution in [-0.2, 0) is 0 Å². The number of halogens is 1. The van der Waals surface area contributed by atoms with E-state index in [1.807, 2.05) is 30.3 Å². The summed E-state index contributed by atoms with van der Waals surface area (Å²) in [5, 5.41) is 3.09. The summed E-state index contributed by atoms with van der Waals surface area (Å²) >= 11 is 1.61. The number of nitrogens with two attached hydrogens (primary N) is 1. The lowest BCUT2D eigenvalue weighted by Gasteiger charge is -2.20. The summed E-state index contributed by atoms with van der Waals surface area (Å²) in [7, 11) is 1.89. The molecule has 0 spiro atoms. The van der Waals surface area contributed by atoms with Crippen molar-refractivity contribution in [1.29, 1.82) is 0 Å². The number of nitrogens with zero attached hydrogens (tertiary/aromatic N) is 1. The van der Waals surface area contributed by atoms with E-state index in [4.69, 9.17) is 5.73 Å². The van der Waals surface area contributed by atoms with E-state index in [1.54, 1.807) is 17.4 Å². The maximum absolute atomic E-state index is 13.2. The van der Waals surface area contributed by atoms with Gasteiger partial charge in [0.25, 0.3) is 0 Å². The summed E-state index contributed by atoms with van der Waals surface area (Å²) in [6, 6.07) is 6.44. The second kappa shape index (κ2) is 4.14. The van der Waals surface area contributed by atoms with Crippen molar-refractivity contribution in [3.05, 3.63) is 41.0 Å². The van der Waals surface area contributed by atoms with E-state index in [2.05, 4.69) is 0 Å². The van der Waals surface area contributed by atoms with Crippen molar-refractivity contribution in [1.82, 2.24) is 0 Å². The Morgan fingerprint density at radius 2 is 2.06 bits per heavy atom. The lowest BCUT2D eigenvalue weighted by atomic mass is 10.2. The van der Waals surface area contributed by atoms with Crippen LogP contribution in [0, 0.1) is 12.7 Å². The Kier molecular flexibility index (Phi) is 2.83. The lowest BCUT2D eigenvalue weighted by Crippen LogP contribution is -2.11. The Morgan fingerprint density at radius 3 is 2.69 bits per heavy atom. The highest BCUT2D eigenvalue weighted by molar-refractivity contribution is 7.14. The minimum atomic E-state index is -0.273. The van der Waals surface area contributed by atoms with Crippen molar-refractivity contribution in [2.75, 3.05) is 17.7 Å². The van der Waals surface area contributed by atoms with Crippen LogP contribution >= 0.6 is 11.3 Å². The van der Waals surface area contributed by atoms with Gasteiger partial charge in [-0.15, -0.1) is 11.3 Å². The SMILES string of the molecule is Cc1ccsc1N(C)c1cc(F)ccc1N. The molecule has 0 amide bonds. The zero-order valence-electron chi connectivity index (χ0n) is 9.20. The first-order chi connectivity index (χ1) is 7.59. The van der Waals surface area contributed by atoms with Crippen LogP contribution in [-0.4, -0.2) is 7.05 Å². The molecule has 0 saturated heterocycles. The van der Waals surface area contributed by atoms with E-state index >= 15 is 0 Å². The lowest BCUT2D eigenvalue weighted by molar-refractivity contribution is 0.628. The second-order valence-electron chi connectivity index (χ2n) is 3.67. The number of aryl methyl sites for hydroxylation is 1. The number of rotatable bonds is 2. The molecule has 2 aromatic rings. The van der Waals surface area contributed by atoms with Gasteiger partial charge in [0, 0.05) is 7.05 Å². The van der Waals surface area contributed by atoms with Gasteiger partial charge >= 0.3 is 0 Å². The van der Waals surface area contributed by atoms with Gasteiger partial charge in [0.1, 0.15) is 5.82 Å². The van der Waals surface area contributed by atoms with E-state index < -0.39 is 0 Å². The fourth-order valence-electron chi connectivity index (χ4n) is 1.63. The number of benzene rings is 1. The zero-order valence-corrected chi connectivity index (χ0v) is 10.0. The Hall–Kier alpha value is -1.55. The molecule has 0 unspecified atom stereocenters. The molecule has 0 radical (unpaired) electrons. The van der Waals surface area contributed by atoms with Crippen LogP contribution in [0.5, 0.6) is 0 Å². The Bertz CT molecular complexity index is 507. The van der Waals surface area contributed by atoms with Gasteiger partial charge in [0.05, 0.1) is 16.4 Å². The van der Waals surface area contributed by atoms with Gasteiger partial charge in [-0.3, -0.25) is 0 Å². The van der Waals surface area contributed by atoms with Crippen LogP contribution in [0.4, 0.5) is 20.8 Å². The molecule has 1 aromatic heterocycles. The predicted octanol–water partition coefficient (Wildman–Crippen LogP) is 3.55. The minimum Gasteiger partial charge on any atom is -0.397 e. The number of hydrogen-bond donors (Lipinski definition) is 1. The number of anilines is 3. The number of hydrogen-bond acceptors (Lipinski definition) is 3. The Labute approximate surface area is 98.1 Å². The Morgan fingerprint density at radius 1 is 1.31 bits per heavy atom. The molecule has 0 fully saturated rings. The average molecular weight is 236 g/mol. The third-order valence-corrected chi connectivity index (χ3v) is 3.58. The smallest absolute Gasteiger partial charge is 0.125 e. The molecular formula is C12H13FN2S. The van der Waals surface area contributed by atoms with Crippen LogP contribution in [0.25, 0.3) is 0 Å². The van der Waals surface area contributed by atoms with Crippen LogP contribution in [0.2, 0.25) is 0 Å². The highest BCUT2D eigenvalue weighted by Gasteiger charge is 2.11. The summed E-state index contributed by atoms with van der Waals surface area (Å²) in [5.41, 5.74) is 8.29. The molecule has 84 valence electrons. The van der Waals surface area contributed by atoms with Gasteiger partial charge in [0.15, 0.2) is 0 Å². The fourth-order valence-corrected chi connectivity index (χ4v) is 2.54. The highest BCUT2D eigenvalue weighted by Crippen LogP contribution is 2.34. The van der Waals surface area contributed by atoms with Gasteiger partial charge in [0.2, 0.25) is 0 Å². The summed E-state index contributed by atoms with van der Waals surface area (Å²) in [6.45, 7) is 2.03. The van der Waals surface area contributed by atoms with Gasteiger partial charge < -0.3 is 10.6 Å². The number of nitrogen functional groups attached to an aromatic ring is 1. The van der Waals surface area contributed by atoms with Crippen molar-refractivity contribution >= 4 is 27.7 Å². The molecular weight excluding hydrogens is 223 g/mol. The molecule has 1 heterocycles. The standard InChI is InChI=1S/C12H13FN2S/c1-8-5-6-16-12(8)15(2)11-7-9(13)3-4-10(11)14/h3-7H,14H2,1-2H3. The van der Waals surface area contributed by atoms with Gasteiger partial charge in [-0.25, -0.2) is 4.39 Å². The monoisotopic (exact) mass is 236 g/mol. The van der Waals surface area contributed by atoms with Crippen molar-refractivity contribution in [3.63, 3.8) is 0 Å². The predicted molar refractivity (Wildman–Crippen MR) is 67.9 cm³/mol. The summed E-state index contributed by atoms with van der Waals surface area (Å²) in [4.78, 5) is 1.92. The van der Waals surface area contributed by atoms with E-state index in [1.165, 1.54) is 12.1 Å². The topological polar surface area (TPSA) is 29.3 Å². The van der Waals surface area contributed by atoms with Crippen molar-refractivity contribution in [2.45, 2.75) is 6.92 Å². The van der Waals surface area contributed by atoms with E-state index in [-0.39, 0.29) is 5.82 Å². The van der Waals surface area contributed by atoms with Crippen LogP contribution in [0.3, 0.4) is 0 Å². The summed E-state index contributed by atoms with van der Waals surface area (Å²) < 4.78 is 13.2. The molecule has 1 aromatic carbocycles. The third kappa shape index (κ3) is 1.88. The van der Waals surface area contributed by atoms with Crippen molar-refractivity contribution in [2.24, 2.45) is 0 Å². The van der Waals surface area contributed by atoms with Crippen LogP contribution in [0.1, 0.15) is 5.56 Å². The molecule has 0 aliphatic heterocycles. The largest absolute Gasteiger partial charge is 0.397 e. The first kappa shape index (κ1) is 11.0. The normalized spacial score (nSPS) is 10.4. The zero-order chi connectivity index (χ0) is 11.7. The maximum atomic E-state index is 13.2. The molecule has 0 aliphatic rings. The highest BCUT2D eigenvalue weighted by atomic mass is 32.1. The molecule has 0 aliphatic carbocycles. The molecule has 4 heteroatoms. The second-order valence-corrected chi connectivity index (χ2v) is 4.57. The summed E-state index contributed by atoms with van der Waals surface area (Å²) in [5.74, 6) is -0.273. The van der Waals surface area contributed by atoms with E-state index in [0.29, 0.717) is 11.4 Å². The van der Waals surface area contributed by atoms with Gasteiger partial charge in [-0.2, -0.15) is 0 Å².